The van der Waals surface area contributed by atoms with Crippen LogP contribution >= 0.6 is 0 Å². The molecule has 0 saturated heterocycles. The van der Waals surface area contributed by atoms with E-state index in [9.17, 15) is 9.59 Å². The van der Waals surface area contributed by atoms with E-state index in [1.807, 2.05) is 26.8 Å². The topological polar surface area (TPSA) is 46.2 Å². The highest BCUT2D eigenvalue weighted by Crippen LogP contribution is 2.15. The third kappa shape index (κ3) is 5.30. The van der Waals surface area contributed by atoms with Crippen molar-refractivity contribution < 1.29 is 9.59 Å². The Hall–Kier alpha value is -1.38. The van der Waals surface area contributed by atoms with Crippen LogP contribution in [0.1, 0.15) is 46.5 Å². The zero-order valence-electron chi connectivity index (χ0n) is 11.6. The molecule has 0 bridgehead atoms. The highest BCUT2D eigenvalue weighted by Gasteiger charge is 2.13. The Morgan fingerprint density at radius 1 is 1.50 bits per heavy atom. The molecule has 0 unspecified atom stereocenters. The molecule has 1 N–H and O–H groups in total. The lowest BCUT2D eigenvalue weighted by molar-refractivity contribution is -0.117. The number of ketones is 1. The minimum Gasteiger partial charge on any atom is -0.349 e. The Labute approximate surface area is 109 Å². The van der Waals surface area contributed by atoms with Crippen LogP contribution in [0, 0.1) is 5.92 Å². The van der Waals surface area contributed by atoms with Gasteiger partial charge in [0, 0.05) is 18.5 Å². The Morgan fingerprint density at radius 3 is 2.78 bits per heavy atom. The second kappa shape index (κ2) is 7.14. The fourth-order valence-electron chi connectivity index (χ4n) is 2.05. The number of carbonyl (C=O) groups is 2. The first kappa shape index (κ1) is 14.7. The summed E-state index contributed by atoms with van der Waals surface area (Å²) in [5.41, 5.74) is 2.00. The number of hydrogen-bond donors (Lipinski definition) is 1. The van der Waals surface area contributed by atoms with E-state index < -0.39 is 0 Å². The van der Waals surface area contributed by atoms with E-state index in [2.05, 4.69) is 5.32 Å². The van der Waals surface area contributed by atoms with Crippen molar-refractivity contribution in [2.24, 2.45) is 5.92 Å². The third-order valence-corrected chi connectivity index (χ3v) is 2.94. The van der Waals surface area contributed by atoms with E-state index in [1.165, 1.54) is 0 Å². The molecule has 18 heavy (non-hydrogen) atoms. The van der Waals surface area contributed by atoms with Crippen molar-refractivity contribution in [1.82, 2.24) is 5.32 Å². The zero-order valence-corrected chi connectivity index (χ0v) is 11.6. The number of amides is 1. The molecule has 1 rings (SSSR count). The van der Waals surface area contributed by atoms with Crippen LogP contribution in [0.25, 0.3) is 0 Å². The van der Waals surface area contributed by atoms with Crippen molar-refractivity contribution in [3.05, 3.63) is 23.3 Å². The molecule has 1 aliphatic rings. The van der Waals surface area contributed by atoms with Crippen molar-refractivity contribution in [1.29, 1.82) is 0 Å². The van der Waals surface area contributed by atoms with Crippen LogP contribution in [0.15, 0.2) is 23.3 Å². The summed E-state index contributed by atoms with van der Waals surface area (Å²) in [6.07, 6.45) is 6.93. The summed E-state index contributed by atoms with van der Waals surface area (Å²) in [6.45, 7) is 6.75. The van der Waals surface area contributed by atoms with Gasteiger partial charge in [-0.2, -0.15) is 0 Å². The smallest absolute Gasteiger partial charge is 0.247 e. The predicted octanol–water partition coefficient (Wildman–Crippen LogP) is 2.77. The van der Waals surface area contributed by atoms with Gasteiger partial charge in [-0.3, -0.25) is 9.59 Å². The van der Waals surface area contributed by atoms with Crippen LogP contribution in [0.5, 0.6) is 0 Å². The van der Waals surface area contributed by atoms with Gasteiger partial charge in [0.05, 0.1) is 0 Å². The molecule has 1 aliphatic heterocycles. The zero-order chi connectivity index (χ0) is 13.5. The van der Waals surface area contributed by atoms with E-state index >= 15 is 0 Å². The van der Waals surface area contributed by atoms with Crippen molar-refractivity contribution in [3.8, 4) is 0 Å². The van der Waals surface area contributed by atoms with Crippen molar-refractivity contribution in [3.63, 3.8) is 0 Å². The summed E-state index contributed by atoms with van der Waals surface area (Å²) in [5, 5.41) is 2.76. The fraction of sp³-hybridized carbons (Fsp3) is 0.600. The first-order valence-corrected chi connectivity index (χ1v) is 6.66. The molecule has 0 fully saturated rings. The molecule has 1 heterocycles. The largest absolute Gasteiger partial charge is 0.349 e. The van der Waals surface area contributed by atoms with Gasteiger partial charge in [0.1, 0.15) is 0 Å². The molecular formula is C15H23NO2. The third-order valence-electron chi connectivity index (χ3n) is 2.94. The van der Waals surface area contributed by atoms with Gasteiger partial charge in [-0.05, 0) is 38.2 Å². The van der Waals surface area contributed by atoms with Crippen LogP contribution in [0.3, 0.4) is 0 Å². The van der Waals surface area contributed by atoms with Gasteiger partial charge in [0.25, 0.3) is 0 Å². The standard InChI is InChI=1S/C15H23NO2/c1-11(2)9-14(17)10-12(3)5-4-6-13-7-8-16-15(13)18/h7,10-11H,4-6,8-9H2,1-3H3,(H,16,18). The van der Waals surface area contributed by atoms with E-state index in [0.29, 0.717) is 18.9 Å². The summed E-state index contributed by atoms with van der Waals surface area (Å²) in [6, 6.07) is 0. The molecule has 0 aromatic rings. The molecule has 0 aromatic heterocycles. The lowest BCUT2D eigenvalue weighted by Gasteiger charge is -2.03. The molecule has 0 spiro atoms. The lowest BCUT2D eigenvalue weighted by Crippen LogP contribution is -2.17. The number of carbonyl (C=O) groups excluding carboxylic acids is 2. The van der Waals surface area contributed by atoms with Gasteiger partial charge in [0.2, 0.25) is 5.91 Å². The second-order valence-electron chi connectivity index (χ2n) is 5.35. The van der Waals surface area contributed by atoms with Gasteiger partial charge in [0.15, 0.2) is 5.78 Å². The number of nitrogens with one attached hydrogen (secondary N) is 1. The minimum atomic E-state index is 0.0625. The average molecular weight is 249 g/mol. The summed E-state index contributed by atoms with van der Waals surface area (Å²) in [7, 11) is 0. The molecule has 3 nitrogen and oxygen atoms in total. The monoisotopic (exact) mass is 249 g/mol. The molecule has 0 radical (unpaired) electrons. The molecule has 0 aromatic carbocycles. The average Bonchev–Trinajstić information content (AvgIpc) is 2.63. The quantitative estimate of drug-likeness (QED) is 0.705. The van der Waals surface area contributed by atoms with Crippen LogP contribution in [-0.4, -0.2) is 18.2 Å². The Kier molecular flexibility index (Phi) is 5.83. The van der Waals surface area contributed by atoms with Crippen molar-refractivity contribution >= 4 is 11.7 Å². The van der Waals surface area contributed by atoms with E-state index in [-0.39, 0.29) is 11.7 Å². The Morgan fingerprint density at radius 2 is 2.22 bits per heavy atom. The molecule has 0 saturated carbocycles. The first-order valence-electron chi connectivity index (χ1n) is 6.66. The minimum absolute atomic E-state index is 0.0625. The summed E-state index contributed by atoms with van der Waals surface area (Å²) in [4.78, 5) is 22.9. The summed E-state index contributed by atoms with van der Waals surface area (Å²) < 4.78 is 0. The van der Waals surface area contributed by atoms with Gasteiger partial charge >= 0.3 is 0 Å². The lowest BCUT2D eigenvalue weighted by atomic mass is 10.0. The second-order valence-corrected chi connectivity index (χ2v) is 5.35. The fourth-order valence-corrected chi connectivity index (χ4v) is 2.05. The van der Waals surface area contributed by atoms with Crippen LogP contribution in [0.2, 0.25) is 0 Å². The maximum absolute atomic E-state index is 11.6. The van der Waals surface area contributed by atoms with Crippen LogP contribution in [0.4, 0.5) is 0 Å². The van der Waals surface area contributed by atoms with Gasteiger partial charge in [-0.15, -0.1) is 0 Å². The Balaban J connectivity index is 2.28. The predicted molar refractivity (Wildman–Crippen MR) is 73.2 cm³/mol. The molecule has 100 valence electrons. The highest BCUT2D eigenvalue weighted by atomic mass is 16.2. The SMILES string of the molecule is CC(=CC(=O)CC(C)C)CCCC1=CCNC1=O. The number of hydrogen-bond acceptors (Lipinski definition) is 2. The molecule has 0 atom stereocenters. The maximum Gasteiger partial charge on any atom is 0.247 e. The molecular weight excluding hydrogens is 226 g/mol. The summed E-state index contributed by atoms with van der Waals surface area (Å²) in [5.74, 6) is 0.682. The maximum atomic E-state index is 11.6. The van der Waals surface area contributed by atoms with E-state index in [4.69, 9.17) is 0 Å². The van der Waals surface area contributed by atoms with Gasteiger partial charge in [-0.25, -0.2) is 0 Å². The first-order chi connectivity index (χ1) is 8.49. The number of rotatable bonds is 7. The van der Waals surface area contributed by atoms with Gasteiger partial charge < -0.3 is 5.32 Å². The summed E-state index contributed by atoms with van der Waals surface area (Å²) >= 11 is 0. The van der Waals surface area contributed by atoms with E-state index in [1.54, 1.807) is 6.08 Å². The molecule has 1 amide bonds. The van der Waals surface area contributed by atoms with Crippen LogP contribution in [-0.2, 0) is 9.59 Å². The van der Waals surface area contributed by atoms with Gasteiger partial charge in [-0.1, -0.05) is 25.5 Å². The van der Waals surface area contributed by atoms with Crippen molar-refractivity contribution in [2.75, 3.05) is 6.54 Å². The van der Waals surface area contributed by atoms with Crippen LogP contribution < -0.4 is 5.32 Å². The molecule has 3 heteroatoms. The highest BCUT2D eigenvalue weighted by molar-refractivity contribution is 5.95. The molecule has 0 aliphatic carbocycles. The van der Waals surface area contributed by atoms with E-state index in [0.717, 1.165) is 30.4 Å². The number of allylic oxidation sites excluding steroid dienone is 2. The normalized spacial score (nSPS) is 15.9. The Bertz CT molecular complexity index is 378. The van der Waals surface area contributed by atoms with Crippen molar-refractivity contribution in [2.45, 2.75) is 46.5 Å².